The Bertz CT molecular complexity index is 837. The Labute approximate surface area is 162 Å². The van der Waals surface area contributed by atoms with Crippen molar-refractivity contribution >= 4 is 40.1 Å². The molecule has 2 aromatic rings. The first-order chi connectivity index (χ1) is 13.1. The van der Waals surface area contributed by atoms with Crippen LogP contribution in [0.25, 0.3) is 0 Å². The lowest BCUT2D eigenvalue weighted by molar-refractivity contribution is -0.128. The molecular formula is C20H21N3O3S. The van der Waals surface area contributed by atoms with Crippen LogP contribution in [0, 0.1) is 0 Å². The molecule has 1 aliphatic heterocycles. The Morgan fingerprint density at radius 1 is 1.22 bits per heavy atom. The average molecular weight is 383 g/mol. The van der Waals surface area contributed by atoms with Crippen LogP contribution in [0.15, 0.2) is 59.6 Å². The van der Waals surface area contributed by atoms with Crippen LogP contribution in [0.3, 0.4) is 0 Å². The molecule has 140 valence electrons. The third-order valence-corrected chi connectivity index (χ3v) is 5.22. The fourth-order valence-corrected chi connectivity index (χ4v) is 3.60. The Kier molecular flexibility index (Phi) is 6.13. The molecule has 3 rings (SSSR count). The second kappa shape index (κ2) is 8.73. The van der Waals surface area contributed by atoms with Crippen LogP contribution in [0.4, 0.5) is 11.4 Å². The van der Waals surface area contributed by atoms with Crippen molar-refractivity contribution in [2.75, 3.05) is 19.0 Å². The van der Waals surface area contributed by atoms with Crippen LogP contribution in [0.5, 0.6) is 5.75 Å². The smallest absolute Gasteiger partial charge is 0.238 e. The topological polar surface area (TPSA) is 71.0 Å². The number of benzene rings is 2. The van der Waals surface area contributed by atoms with Gasteiger partial charge in [0.1, 0.15) is 11.0 Å². The minimum Gasteiger partial charge on any atom is -0.494 e. The number of nitrogens with one attached hydrogen (secondary N) is 1. The molecule has 1 N–H and O–H groups in total. The molecule has 0 aliphatic carbocycles. The number of amides is 2. The summed E-state index contributed by atoms with van der Waals surface area (Å²) in [6.45, 7) is 2.52. The highest BCUT2D eigenvalue weighted by Gasteiger charge is 2.34. The molecule has 0 bridgehead atoms. The van der Waals surface area contributed by atoms with E-state index in [1.807, 2.05) is 61.5 Å². The molecule has 7 heteroatoms. The number of carbonyl (C=O) groups excluding carboxylic acids is 2. The number of para-hydroxylation sites is 1. The van der Waals surface area contributed by atoms with E-state index in [0.717, 1.165) is 5.75 Å². The SMILES string of the molecule is CCOc1ccc(N=C2SC(C(=O)Nc3ccccc3)CC(=O)N2C)cc1. The van der Waals surface area contributed by atoms with E-state index in [2.05, 4.69) is 10.3 Å². The number of carbonyl (C=O) groups is 2. The van der Waals surface area contributed by atoms with E-state index in [1.165, 1.54) is 16.7 Å². The molecule has 2 aromatic carbocycles. The Balaban J connectivity index is 1.74. The molecule has 1 atom stereocenters. The lowest BCUT2D eigenvalue weighted by Crippen LogP contribution is -2.43. The summed E-state index contributed by atoms with van der Waals surface area (Å²) < 4.78 is 5.42. The molecule has 1 unspecified atom stereocenters. The fraction of sp³-hybridized carbons (Fsp3) is 0.250. The Morgan fingerprint density at radius 3 is 2.59 bits per heavy atom. The van der Waals surface area contributed by atoms with Crippen molar-refractivity contribution < 1.29 is 14.3 Å². The number of aliphatic imine (C=N–C) groups is 1. The number of hydrogen-bond donors (Lipinski definition) is 1. The molecule has 2 amide bonds. The summed E-state index contributed by atoms with van der Waals surface area (Å²) in [5, 5.41) is 2.84. The van der Waals surface area contributed by atoms with E-state index in [4.69, 9.17) is 4.74 Å². The maximum atomic E-state index is 12.6. The Morgan fingerprint density at radius 2 is 1.93 bits per heavy atom. The lowest BCUT2D eigenvalue weighted by Gasteiger charge is -2.28. The van der Waals surface area contributed by atoms with Crippen molar-refractivity contribution in [2.45, 2.75) is 18.6 Å². The van der Waals surface area contributed by atoms with Crippen LogP contribution in [-0.4, -0.2) is 40.8 Å². The highest BCUT2D eigenvalue weighted by atomic mass is 32.2. The summed E-state index contributed by atoms with van der Waals surface area (Å²) in [6, 6.07) is 16.5. The van der Waals surface area contributed by atoms with Gasteiger partial charge in [0.2, 0.25) is 11.8 Å². The van der Waals surface area contributed by atoms with E-state index >= 15 is 0 Å². The standard InChI is InChI=1S/C20H21N3O3S/c1-3-26-16-11-9-15(10-12-16)22-20-23(2)18(24)13-17(27-20)19(25)21-14-7-5-4-6-8-14/h4-12,17H,3,13H2,1-2H3,(H,21,25). The molecule has 0 saturated carbocycles. The summed E-state index contributed by atoms with van der Waals surface area (Å²) in [5.41, 5.74) is 1.41. The van der Waals surface area contributed by atoms with Gasteiger partial charge >= 0.3 is 0 Å². The van der Waals surface area contributed by atoms with Crippen molar-refractivity contribution in [1.29, 1.82) is 0 Å². The van der Waals surface area contributed by atoms with Gasteiger partial charge in [0.25, 0.3) is 0 Å². The first-order valence-corrected chi connectivity index (χ1v) is 9.55. The number of hydrogen-bond acceptors (Lipinski definition) is 5. The van der Waals surface area contributed by atoms with Gasteiger partial charge in [0.05, 0.1) is 12.3 Å². The summed E-state index contributed by atoms with van der Waals surface area (Å²) >= 11 is 1.29. The van der Waals surface area contributed by atoms with E-state index in [0.29, 0.717) is 23.1 Å². The van der Waals surface area contributed by atoms with Crippen molar-refractivity contribution in [2.24, 2.45) is 4.99 Å². The highest BCUT2D eigenvalue weighted by Crippen LogP contribution is 2.29. The van der Waals surface area contributed by atoms with Gasteiger partial charge in [-0.2, -0.15) is 0 Å². The van der Waals surface area contributed by atoms with Crippen LogP contribution in [0.1, 0.15) is 13.3 Å². The van der Waals surface area contributed by atoms with E-state index in [1.54, 1.807) is 7.05 Å². The van der Waals surface area contributed by atoms with Gasteiger partial charge in [-0.3, -0.25) is 14.5 Å². The number of anilines is 1. The summed E-state index contributed by atoms with van der Waals surface area (Å²) in [6.07, 6.45) is 0.141. The molecule has 1 saturated heterocycles. The van der Waals surface area contributed by atoms with E-state index < -0.39 is 5.25 Å². The quantitative estimate of drug-likeness (QED) is 0.855. The molecule has 0 spiro atoms. The number of nitrogens with zero attached hydrogens (tertiary/aromatic N) is 2. The normalized spacial score (nSPS) is 18.4. The second-order valence-corrected chi connectivity index (χ2v) is 7.11. The monoisotopic (exact) mass is 383 g/mol. The predicted octanol–water partition coefficient (Wildman–Crippen LogP) is 3.68. The fourth-order valence-electron chi connectivity index (χ4n) is 2.54. The van der Waals surface area contributed by atoms with Crippen molar-refractivity contribution in [1.82, 2.24) is 4.90 Å². The van der Waals surface area contributed by atoms with Crippen LogP contribution < -0.4 is 10.1 Å². The summed E-state index contributed by atoms with van der Waals surface area (Å²) in [4.78, 5) is 30.9. The van der Waals surface area contributed by atoms with Crippen molar-refractivity contribution in [3.63, 3.8) is 0 Å². The third kappa shape index (κ3) is 4.89. The predicted molar refractivity (Wildman–Crippen MR) is 109 cm³/mol. The molecule has 0 radical (unpaired) electrons. The maximum Gasteiger partial charge on any atom is 0.238 e. The second-order valence-electron chi connectivity index (χ2n) is 5.94. The number of rotatable bonds is 5. The molecule has 1 heterocycles. The first-order valence-electron chi connectivity index (χ1n) is 8.67. The molecule has 27 heavy (non-hydrogen) atoms. The van der Waals surface area contributed by atoms with E-state index in [9.17, 15) is 9.59 Å². The minimum atomic E-state index is -0.518. The lowest BCUT2D eigenvalue weighted by atomic mass is 10.2. The summed E-state index contributed by atoms with van der Waals surface area (Å²) in [5.74, 6) is 0.431. The first kappa shape index (κ1) is 19.0. The van der Waals surface area contributed by atoms with Crippen molar-refractivity contribution in [3.8, 4) is 5.75 Å². The zero-order valence-corrected chi connectivity index (χ0v) is 16.0. The molecular weight excluding hydrogens is 362 g/mol. The van der Waals surface area contributed by atoms with Crippen LogP contribution >= 0.6 is 11.8 Å². The third-order valence-electron chi connectivity index (χ3n) is 3.97. The average Bonchev–Trinajstić information content (AvgIpc) is 2.67. The van der Waals surface area contributed by atoms with Crippen molar-refractivity contribution in [3.05, 3.63) is 54.6 Å². The zero-order valence-electron chi connectivity index (χ0n) is 15.2. The van der Waals surface area contributed by atoms with Gasteiger partial charge < -0.3 is 10.1 Å². The number of thioether (sulfide) groups is 1. The largest absolute Gasteiger partial charge is 0.494 e. The van der Waals surface area contributed by atoms with Crippen LogP contribution in [0.2, 0.25) is 0 Å². The van der Waals surface area contributed by atoms with E-state index in [-0.39, 0.29) is 18.2 Å². The van der Waals surface area contributed by atoms with Gasteiger partial charge in [0.15, 0.2) is 5.17 Å². The van der Waals surface area contributed by atoms with Gasteiger partial charge in [-0.25, -0.2) is 4.99 Å². The highest BCUT2D eigenvalue weighted by molar-refractivity contribution is 8.15. The number of amidine groups is 1. The summed E-state index contributed by atoms with van der Waals surface area (Å²) in [7, 11) is 1.67. The molecule has 6 nitrogen and oxygen atoms in total. The van der Waals surface area contributed by atoms with Gasteiger partial charge in [-0.15, -0.1) is 0 Å². The zero-order chi connectivity index (χ0) is 19.2. The molecule has 1 aliphatic rings. The van der Waals surface area contributed by atoms with Crippen LogP contribution in [-0.2, 0) is 9.59 Å². The van der Waals surface area contributed by atoms with Gasteiger partial charge in [-0.1, -0.05) is 30.0 Å². The van der Waals surface area contributed by atoms with Gasteiger partial charge in [0, 0.05) is 19.2 Å². The Hall–Kier alpha value is -2.80. The minimum absolute atomic E-state index is 0.133. The molecule has 0 aromatic heterocycles. The van der Waals surface area contributed by atoms with Gasteiger partial charge in [-0.05, 0) is 43.3 Å². The maximum absolute atomic E-state index is 12.6. The molecule has 1 fully saturated rings. The number of ether oxygens (including phenoxy) is 1.